The molecule has 1 aliphatic heterocycles. The van der Waals surface area contributed by atoms with E-state index in [0.29, 0.717) is 40.6 Å². The van der Waals surface area contributed by atoms with Gasteiger partial charge in [0.2, 0.25) is 23.5 Å². The zero-order valence-corrected chi connectivity index (χ0v) is 17.8. The van der Waals surface area contributed by atoms with Crippen molar-refractivity contribution in [1.29, 1.82) is 0 Å². The van der Waals surface area contributed by atoms with Gasteiger partial charge in [0.1, 0.15) is 0 Å². The fourth-order valence-corrected chi connectivity index (χ4v) is 4.64. The maximum absolute atomic E-state index is 12.8. The quantitative estimate of drug-likeness (QED) is 0.622. The van der Waals surface area contributed by atoms with E-state index in [1.807, 2.05) is 19.1 Å². The highest BCUT2D eigenvalue weighted by Crippen LogP contribution is 2.40. The molecule has 1 aliphatic carbocycles. The van der Waals surface area contributed by atoms with Gasteiger partial charge in [0.15, 0.2) is 0 Å². The Labute approximate surface area is 182 Å². The molecule has 0 radical (unpaired) electrons. The molecule has 2 fully saturated rings. The Morgan fingerprint density at radius 3 is 2.93 bits per heavy atom. The van der Waals surface area contributed by atoms with Crippen LogP contribution in [0, 0.1) is 12.8 Å². The van der Waals surface area contributed by atoms with Crippen LogP contribution < -0.4 is 10.2 Å². The number of hydrogen-bond acceptors (Lipinski definition) is 6. The summed E-state index contributed by atoms with van der Waals surface area (Å²) in [5.41, 5.74) is 1.42. The maximum atomic E-state index is 12.8. The van der Waals surface area contributed by atoms with Crippen molar-refractivity contribution < 1.29 is 14.1 Å². The molecule has 2 amide bonds. The van der Waals surface area contributed by atoms with Crippen LogP contribution in [-0.4, -0.2) is 28.5 Å². The molecule has 1 saturated heterocycles. The molecular formula is C21H19ClN4O3S. The molecule has 2 aliphatic rings. The van der Waals surface area contributed by atoms with Crippen LogP contribution in [0.1, 0.15) is 35.9 Å². The summed E-state index contributed by atoms with van der Waals surface area (Å²) in [4.78, 5) is 33.2. The molecule has 7 nitrogen and oxygen atoms in total. The fourth-order valence-electron chi connectivity index (χ4n) is 3.56. The number of carbonyl (C=O) groups is 2. The molecule has 154 valence electrons. The van der Waals surface area contributed by atoms with Crippen molar-refractivity contribution in [3.63, 3.8) is 0 Å². The molecule has 9 heteroatoms. The van der Waals surface area contributed by atoms with Gasteiger partial charge < -0.3 is 14.7 Å². The second-order valence-electron chi connectivity index (χ2n) is 7.69. The summed E-state index contributed by atoms with van der Waals surface area (Å²) in [5.74, 6) is 0.951. The number of rotatable bonds is 5. The van der Waals surface area contributed by atoms with Crippen LogP contribution in [0.4, 0.5) is 11.4 Å². The Hall–Kier alpha value is -2.71. The third-order valence-electron chi connectivity index (χ3n) is 5.38. The summed E-state index contributed by atoms with van der Waals surface area (Å²) in [7, 11) is 0. The smallest absolute Gasteiger partial charge is 0.230 e. The van der Waals surface area contributed by atoms with E-state index in [1.165, 1.54) is 11.3 Å². The lowest BCUT2D eigenvalue weighted by atomic mass is 10.1. The summed E-state index contributed by atoms with van der Waals surface area (Å²) < 4.78 is 5.33. The predicted molar refractivity (Wildman–Crippen MR) is 115 cm³/mol. The fraction of sp³-hybridized carbons (Fsp3) is 0.333. The molecule has 30 heavy (non-hydrogen) atoms. The molecule has 3 aromatic rings. The first-order valence-electron chi connectivity index (χ1n) is 9.79. The average molecular weight is 443 g/mol. The number of thiophene rings is 1. The highest BCUT2D eigenvalue weighted by Gasteiger charge is 2.35. The number of carbonyl (C=O) groups excluding carboxylic acids is 2. The van der Waals surface area contributed by atoms with E-state index in [0.717, 1.165) is 22.6 Å². The van der Waals surface area contributed by atoms with Crippen molar-refractivity contribution in [2.75, 3.05) is 16.8 Å². The summed E-state index contributed by atoms with van der Waals surface area (Å²) in [5, 5.41) is 7.59. The third-order valence-corrected chi connectivity index (χ3v) is 6.66. The number of benzene rings is 1. The Bertz CT molecular complexity index is 1140. The van der Waals surface area contributed by atoms with E-state index in [2.05, 4.69) is 15.5 Å². The van der Waals surface area contributed by atoms with Crippen LogP contribution >= 0.6 is 22.9 Å². The van der Waals surface area contributed by atoms with Gasteiger partial charge in [-0.3, -0.25) is 9.59 Å². The van der Waals surface area contributed by atoms with Crippen molar-refractivity contribution in [1.82, 2.24) is 10.1 Å². The van der Waals surface area contributed by atoms with Crippen molar-refractivity contribution >= 4 is 46.1 Å². The van der Waals surface area contributed by atoms with Crippen molar-refractivity contribution in [3.8, 4) is 10.7 Å². The van der Waals surface area contributed by atoms with Crippen molar-refractivity contribution in [2.24, 2.45) is 5.92 Å². The first kappa shape index (κ1) is 19.3. The van der Waals surface area contributed by atoms with E-state index >= 15 is 0 Å². The number of aryl methyl sites for hydroxylation is 1. The molecule has 1 N–H and O–H groups in total. The molecule has 1 aromatic carbocycles. The van der Waals surface area contributed by atoms with E-state index in [-0.39, 0.29) is 18.2 Å². The number of nitrogens with one attached hydrogen (secondary N) is 1. The first-order valence-corrected chi connectivity index (χ1v) is 11.0. The minimum absolute atomic E-state index is 0.0838. The minimum Gasteiger partial charge on any atom is -0.339 e. The largest absolute Gasteiger partial charge is 0.339 e. The Kier molecular flexibility index (Phi) is 4.83. The summed E-state index contributed by atoms with van der Waals surface area (Å²) >= 11 is 7.54. The van der Waals surface area contributed by atoms with E-state index in [4.69, 9.17) is 16.1 Å². The molecule has 3 heterocycles. The maximum Gasteiger partial charge on any atom is 0.230 e. The molecular weight excluding hydrogens is 424 g/mol. The van der Waals surface area contributed by atoms with Gasteiger partial charge in [0.25, 0.3) is 0 Å². The molecule has 1 atom stereocenters. The zero-order valence-electron chi connectivity index (χ0n) is 16.2. The minimum atomic E-state index is -0.425. The summed E-state index contributed by atoms with van der Waals surface area (Å²) in [6, 6.07) is 8.96. The van der Waals surface area contributed by atoms with Crippen LogP contribution in [0.2, 0.25) is 5.02 Å². The van der Waals surface area contributed by atoms with E-state index in [1.54, 1.807) is 23.1 Å². The SMILES string of the molecule is Cc1sc(-c2noc(C3CC3)n2)cc1NC(=O)C1CC(=O)N(c2cccc(Cl)c2)C1. The predicted octanol–water partition coefficient (Wildman–Crippen LogP) is 4.63. The average Bonchev–Trinajstić information content (AvgIpc) is 3.14. The zero-order chi connectivity index (χ0) is 20.8. The number of nitrogens with zero attached hydrogens (tertiary/aromatic N) is 3. The number of hydrogen-bond donors (Lipinski definition) is 1. The lowest BCUT2D eigenvalue weighted by Crippen LogP contribution is -2.28. The Morgan fingerprint density at radius 1 is 1.33 bits per heavy atom. The molecule has 2 aromatic heterocycles. The number of halogens is 1. The van der Waals surface area contributed by atoms with Crippen LogP contribution in [0.25, 0.3) is 10.7 Å². The van der Waals surface area contributed by atoms with Gasteiger partial charge in [-0.25, -0.2) is 0 Å². The monoisotopic (exact) mass is 442 g/mol. The van der Waals surface area contributed by atoms with Crippen LogP contribution in [-0.2, 0) is 9.59 Å². The lowest BCUT2D eigenvalue weighted by Gasteiger charge is -2.17. The van der Waals surface area contributed by atoms with Crippen molar-refractivity contribution in [3.05, 3.63) is 46.1 Å². The standard InChI is InChI=1S/C21H19ClN4O3S/c1-11-16(9-17(30-11)19-24-21(29-25-19)12-5-6-12)23-20(28)13-7-18(27)26(10-13)15-4-2-3-14(22)8-15/h2-4,8-9,12-13H,5-7,10H2,1H3,(H,23,28). The van der Waals surface area contributed by atoms with Gasteiger partial charge in [0.05, 0.1) is 16.5 Å². The molecule has 5 rings (SSSR count). The number of anilines is 2. The Balaban J connectivity index is 1.28. The molecule has 0 spiro atoms. The van der Waals surface area contributed by atoms with Gasteiger partial charge in [-0.15, -0.1) is 11.3 Å². The normalized spacial score (nSPS) is 18.8. The highest BCUT2D eigenvalue weighted by molar-refractivity contribution is 7.16. The van der Waals surface area contributed by atoms with Crippen molar-refractivity contribution in [2.45, 2.75) is 32.1 Å². The third kappa shape index (κ3) is 3.73. The summed E-state index contributed by atoms with van der Waals surface area (Å²) in [6.45, 7) is 2.26. The van der Waals surface area contributed by atoms with Gasteiger partial charge in [0, 0.05) is 34.5 Å². The lowest BCUT2D eigenvalue weighted by molar-refractivity contribution is -0.122. The second-order valence-corrected chi connectivity index (χ2v) is 9.38. The highest BCUT2D eigenvalue weighted by atomic mass is 35.5. The Morgan fingerprint density at radius 2 is 2.17 bits per heavy atom. The second kappa shape index (κ2) is 7.52. The van der Waals surface area contributed by atoms with Gasteiger partial charge in [-0.05, 0) is 44.0 Å². The number of amides is 2. The van der Waals surface area contributed by atoms with Gasteiger partial charge in [-0.2, -0.15) is 4.98 Å². The van der Waals surface area contributed by atoms with Gasteiger partial charge >= 0.3 is 0 Å². The van der Waals surface area contributed by atoms with Crippen LogP contribution in [0.15, 0.2) is 34.9 Å². The molecule has 1 saturated carbocycles. The van der Waals surface area contributed by atoms with Gasteiger partial charge in [-0.1, -0.05) is 22.8 Å². The molecule has 1 unspecified atom stereocenters. The number of aromatic nitrogens is 2. The summed E-state index contributed by atoms with van der Waals surface area (Å²) in [6.07, 6.45) is 2.36. The van der Waals surface area contributed by atoms with E-state index in [9.17, 15) is 9.59 Å². The molecule has 0 bridgehead atoms. The van der Waals surface area contributed by atoms with Crippen LogP contribution in [0.3, 0.4) is 0 Å². The van der Waals surface area contributed by atoms with E-state index < -0.39 is 5.92 Å². The topological polar surface area (TPSA) is 88.3 Å². The van der Waals surface area contributed by atoms with Crippen LogP contribution in [0.5, 0.6) is 0 Å². The first-order chi connectivity index (χ1) is 14.5.